The molecule has 1 N–H and O–H groups in total. The maximum Gasteiger partial charge on any atom is 0.224 e. The Morgan fingerprint density at radius 1 is 1.23 bits per heavy atom. The third kappa shape index (κ3) is 8.44. The fraction of sp³-hybridized carbons (Fsp3) is 0.318. The van der Waals surface area contributed by atoms with Gasteiger partial charge in [0.25, 0.3) is 0 Å². The number of benzene rings is 1. The summed E-state index contributed by atoms with van der Waals surface area (Å²) >= 11 is 13.3. The lowest BCUT2D eigenvalue weighted by Gasteiger charge is -2.26. The number of carbonyl (C=O) groups is 2. The molecule has 0 aliphatic rings. The smallest absolute Gasteiger partial charge is 0.224 e. The van der Waals surface area contributed by atoms with Gasteiger partial charge >= 0.3 is 0 Å². The van der Waals surface area contributed by atoms with Crippen LogP contribution in [-0.4, -0.2) is 57.1 Å². The van der Waals surface area contributed by atoms with Crippen molar-refractivity contribution in [3.63, 3.8) is 0 Å². The van der Waals surface area contributed by atoms with Gasteiger partial charge in [0.05, 0.1) is 11.9 Å². The van der Waals surface area contributed by atoms with Gasteiger partial charge in [-0.3, -0.25) is 25.0 Å². The van der Waals surface area contributed by atoms with Gasteiger partial charge < -0.3 is 4.90 Å². The number of hydrogen-bond acceptors (Lipinski definition) is 6. The number of Topliss-reactive ketones (excluding diaryl/α,β-unsaturated/α-hetero) is 1. The van der Waals surface area contributed by atoms with Crippen molar-refractivity contribution in [2.75, 3.05) is 18.1 Å². The Balaban J connectivity index is 1.82. The number of aromatic nitrogens is 1. The Bertz CT molecular complexity index is 907. The first kappa shape index (κ1) is 25.0. The standard InChI is InChI=1S/C22H24Cl2N4O2S/c1-2-28(19(22(24)25)15-27-18-4-3-11-26-14-18)21(30)10-13-31-12-9-20(29)16-5-7-17(23)8-6-16/h3-8,11,14-15,19,25H,2,9-10,12-13H2,1H3. The monoisotopic (exact) mass is 478 g/mol. The Hall–Kier alpha value is -2.22. The van der Waals surface area contributed by atoms with Crippen molar-refractivity contribution in [3.8, 4) is 0 Å². The van der Waals surface area contributed by atoms with Crippen LogP contribution in [0.5, 0.6) is 0 Å². The summed E-state index contributed by atoms with van der Waals surface area (Å²) in [5.74, 6) is 1.13. The molecule has 1 amide bonds. The molecule has 6 nitrogen and oxygen atoms in total. The lowest BCUT2D eigenvalue weighted by Crippen LogP contribution is -2.44. The van der Waals surface area contributed by atoms with Gasteiger partial charge in [0, 0.05) is 53.9 Å². The van der Waals surface area contributed by atoms with Crippen molar-refractivity contribution < 1.29 is 9.59 Å². The summed E-state index contributed by atoms with van der Waals surface area (Å²) in [4.78, 5) is 34.7. The van der Waals surface area contributed by atoms with Crippen LogP contribution in [0, 0.1) is 5.41 Å². The molecule has 2 rings (SSSR count). The van der Waals surface area contributed by atoms with Gasteiger partial charge in [-0.1, -0.05) is 23.2 Å². The Kier molecular flexibility index (Phi) is 10.7. The van der Waals surface area contributed by atoms with E-state index in [2.05, 4.69) is 9.98 Å². The van der Waals surface area contributed by atoms with E-state index in [9.17, 15) is 9.59 Å². The fourth-order valence-electron chi connectivity index (χ4n) is 2.75. The molecule has 9 heteroatoms. The third-order valence-corrected chi connectivity index (χ3v) is 5.83. The van der Waals surface area contributed by atoms with Gasteiger partial charge in [-0.15, -0.1) is 0 Å². The Morgan fingerprint density at radius 2 is 1.94 bits per heavy atom. The van der Waals surface area contributed by atoms with Gasteiger partial charge in [0.15, 0.2) is 5.78 Å². The predicted octanol–water partition coefficient (Wildman–Crippen LogP) is 5.27. The molecule has 1 unspecified atom stereocenters. The molecule has 0 saturated heterocycles. The molecule has 1 heterocycles. The number of hydrogen-bond donors (Lipinski definition) is 1. The van der Waals surface area contributed by atoms with E-state index in [4.69, 9.17) is 28.6 Å². The van der Waals surface area contributed by atoms with Gasteiger partial charge in [-0.2, -0.15) is 11.8 Å². The predicted molar refractivity (Wildman–Crippen MR) is 129 cm³/mol. The number of thioether (sulfide) groups is 1. The minimum Gasteiger partial charge on any atom is -0.328 e. The van der Waals surface area contributed by atoms with Crippen LogP contribution in [0.2, 0.25) is 5.02 Å². The van der Waals surface area contributed by atoms with Gasteiger partial charge in [0.1, 0.15) is 11.2 Å². The summed E-state index contributed by atoms with van der Waals surface area (Å²) in [6.45, 7) is 2.23. The fourth-order valence-corrected chi connectivity index (χ4v) is 3.90. The van der Waals surface area contributed by atoms with Crippen LogP contribution in [0.1, 0.15) is 30.1 Å². The summed E-state index contributed by atoms with van der Waals surface area (Å²) in [5.41, 5.74) is 1.25. The minimum atomic E-state index is -0.726. The van der Waals surface area contributed by atoms with Crippen LogP contribution >= 0.6 is 35.0 Å². The van der Waals surface area contributed by atoms with E-state index >= 15 is 0 Å². The van der Waals surface area contributed by atoms with Crippen molar-refractivity contribution in [1.82, 2.24) is 9.88 Å². The maximum absolute atomic E-state index is 12.7. The highest BCUT2D eigenvalue weighted by atomic mass is 35.5. The van der Waals surface area contributed by atoms with Crippen LogP contribution in [0.25, 0.3) is 0 Å². The number of ketones is 1. The third-order valence-electron chi connectivity index (χ3n) is 4.37. The van der Waals surface area contributed by atoms with E-state index in [1.165, 1.54) is 11.1 Å². The number of carbonyl (C=O) groups excluding carboxylic acids is 2. The summed E-state index contributed by atoms with van der Waals surface area (Å²) < 4.78 is 0. The molecular weight excluding hydrogens is 455 g/mol. The molecule has 1 aromatic heterocycles. The van der Waals surface area contributed by atoms with Crippen LogP contribution < -0.4 is 0 Å². The summed E-state index contributed by atoms with van der Waals surface area (Å²) in [6.07, 6.45) is 5.40. The van der Waals surface area contributed by atoms with E-state index in [0.717, 1.165) is 0 Å². The maximum atomic E-state index is 12.7. The number of rotatable bonds is 12. The highest BCUT2D eigenvalue weighted by Gasteiger charge is 2.23. The number of nitrogens with one attached hydrogen (secondary N) is 1. The average Bonchev–Trinajstić information content (AvgIpc) is 2.77. The first-order valence-electron chi connectivity index (χ1n) is 9.76. The largest absolute Gasteiger partial charge is 0.328 e. The molecule has 0 radical (unpaired) electrons. The number of halogens is 2. The topological polar surface area (TPSA) is 86.5 Å². The van der Waals surface area contributed by atoms with Crippen molar-refractivity contribution in [3.05, 3.63) is 59.4 Å². The van der Waals surface area contributed by atoms with Gasteiger partial charge in [-0.05, 0) is 43.3 Å². The van der Waals surface area contributed by atoms with Crippen molar-refractivity contribution >= 4 is 63.7 Å². The first-order valence-corrected chi connectivity index (χ1v) is 11.7. The normalized spacial score (nSPS) is 12.0. The second-order valence-electron chi connectivity index (χ2n) is 6.50. The van der Waals surface area contributed by atoms with Gasteiger partial charge in [-0.25, -0.2) is 0 Å². The zero-order chi connectivity index (χ0) is 22.6. The highest BCUT2D eigenvalue weighted by molar-refractivity contribution is 7.99. The first-order chi connectivity index (χ1) is 14.9. The number of pyridine rings is 1. The Morgan fingerprint density at radius 3 is 2.55 bits per heavy atom. The molecule has 2 aromatic rings. The molecule has 1 aromatic carbocycles. The second-order valence-corrected chi connectivity index (χ2v) is 8.57. The molecule has 0 fully saturated rings. The van der Waals surface area contributed by atoms with E-state index in [0.29, 0.717) is 40.7 Å². The van der Waals surface area contributed by atoms with E-state index in [-0.39, 0.29) is 23.3 Å². The second kappa shape index (κ2) is 13.2. The minimum absolute atomic E-state index is 0.0490. The zero-order valence-corrected chi connectivity index (χ0v) is 19.5. The van der Waals surface area contributed by atoms with E-state index in [1.54, 1.807) is 60.6 Å². The van der Waals surface area contributed by atoms with Gasteiger partial charge in [0.2, 0.25) is 5.91 Å². The molecule has 31 heavy (non-hydrogen) atoms. The van der Waals surface area contributed by atoms with Crippen LogP contribution in [-0.2, 0) is 4.79 Å². The molecule has 1 atom stereocenters. The average molecular weight is 479 g/mol. The van der Waals surface area contributed by atoms with E-state index < -0.39 is 6.04 Å². The van der Waals surface area contributed by atoms with Crippen LogP contribution in [0.3, 0.4) is 0 Å². The number of nitrogens with zero attached hydrogens (tertiary/aromatic N) is 3. The quantitative estimate of drug-likeness (QED) is 0.255. The SMILES string of the molecule is CCN(C(=O)CCSCCC(=O)c1ccc(Cl)cc1)C(C=Nc1cccnc1)C(=N)Cl. The molecule has 0 bridgehead atoms. The molecule has 0 spiro atoms. The molecule has 164 valence electrons. The van der Waals surface area contributed by atoms with Crippen molar-refractivity contribution in [1.29, 1.82) is 5.41 Å². The highest BCUT2D eigenvalue weighted by Crippen LogP contribution is 2.15. The molecule has 0 aliphatic carbocycles. The van der Waals surface area contributed by atoms with Crippen molar-refractivity contribution in [2.24, 2.45) is 4.99 Å². The Labute approximate surface area is 196 Å². The van der Waals surface area contributed by atoms with Crippen LogP contribution in [0.15, 0.2) is 53.8 Å². The molecular formula is C22H24Cl2N4O2S. The van der Waals surface area contributed by atoms with Crippen molar-refractivity contribution in [2.45, 2.75) is 25.8 Å². The zero-order valence-electron chi connectivity index (χ0n) is 17.1. The summed E-state index contributed by atoms with van der Waals surface area (Å²) in [5, 5.41) is 8.26. The lowest BCUT2D eigenvalue weighted by molar-refractivity contribution is -0.130. The lowest BCUT2D eigenvalue weighted by atomic mass is 10.1. The number of amides is 1. The van der Waals surface area contributed by atoms with E-state index in [1.807, 2.05) is 6.92 Å². The summed E-state index contributed by atoms with van der Waals surface area (Å²) in [6, 6.07) is 9.63. The number of aliphatic imine (C=N–C) groups is 1. The molecule has 0 aliphatic heterocycles. The molecule has 0 saturated carbocycles. The summed E-state index contributed by atoms with van der Waals surface area (Å²) in [7, 11) is 0. The van der Waals surface area contributed by atoms with Crippen LogP contribution in [0.4, 0.5) is 5.69 Å².